The SMILES string of the molecule is O=C(c1cc2cccnn2n1)N1CCOCC1. The van der Waals surface area contributed by atoms with Crippen LogP contribution in [0.25, 0.3) is 5.52 Å². The van der Waals surface area contributed by atoms with Gasteiger partial charge in [-0.15, -0.1) is 5.10 Å². The van der Waals surface area contributed by atoms with Crippen molar-refractivity contribution in [2.24, 2.45) is 0 Å². The van der Waals surface area contributed by atoms with Gasteiger partial charge in [-0.2, -0.15) is 9.73 Å². The number of ether oxygens (including phenoxy) is 1. The molecule has 2 aromatic rings. The van der Waals surface area contributed by atoms with Gasteiger partial charge in [0.05, 0.1) is 18.7 Å². The molecule has 1 fully saturated rings. The lowest BCUT2D eigenvalue weighted by Gasteiger charge is -2.25. The number of morpholine rings is 1. The molecule has 3 rings (SSSR count). The summed E-state index contributed by atoms with van der Waals surface area (Å²) in [6.07, 6.45) is 1.64. The second-order valence-corrected chi connectivity index (χ2v) is 3.87. The van der Waals surface area contributed by atoms with Gasteiger partial charge in [0.2, 0.25) is 0 Å². The van der Waals surface area contributed by atoms with E-state index < -0.39 is 0 Å². The zero-order valence-corrected chi connectivity index (χ0v) is 9.24. The van der Waals surface area contributed by atoms with Crippen molar-refractivity contribution in [3.8, 4) is 0 Å². The number of fused-ring (bicyclic) bond motifs is 1. The maximum absolute atomic E-state index is 12.1. The smallest absolute Gasteiger partial charge is 0.274 e. The number of rotatable bonds is 1. The Balaban J connectivity index is 1.89. The Morgan fingerprint density at radius 3 is 2.94 bits per heavy atom. The van der Waals surface area contributed by atoms with E-state index in [0.717, 1.165) is 5.52 Å². The lowest BCUT2D eigenvalue weighted by atomic mass is 10.3. The number of hydrogen-bond donors (Lipinski definition) is 0. The zero-order chi connectivity index (χ0) is 11.7. The van der Waals surface area contributed by atoms with E-state index in [1.54, 1.807) is 17.2 Å². The second kappa shape index (κ2) is 4.14. The van der Waals surface area contributed by atoms with Crippen LogP contribution in [0.4, 0.5) is 0 Å². The third-order valence-electron chi connectivity index (χ3n) is 2.76. The van der Waals surface area contributed by atoms with E-state index in [1.165, 1.54) is 4.63 Å². The van der Waals surface area contributed by atoms with Crippen molar-refractivity contribution in [3.05, 3.63) is 30.1 Å². The Kier molecular flexibility index (Phi) is 2.49. The van der Waals surface area contributed by atoms with Crippen LogP contribution in [0.15, 0.2) is 24.4 Å². The Labute approximate surface area is 97.8 Å². The lowest BCUT2D eigenvalue weighted by Crippen LogP contribution is -2.40. The summed E-state index contributed by atoms with van der Waals surface area (Å²) in [5, 5.41) is 8.20. The van der Waals surface area contributed by atoms with E-state index in [0.29, 0.717) is 32.0 Å². The van der Waals surface area contributed by atoms with Crippen LogP contribution in [-0.2, 0) is 4.74 Å². The molecule has 88 valence electrons. The van der Waals surface area contributed by atoms with E-state index in [1.807, 2.05) is 12.1 Å². The number of aromatic nitrogens is 3. The molecule has 1 saturated heterocycles. The summed E-state index contributed by atoms with van der Waals surface area (Å²) in [4.78, 5) is 13.9. The highest BCUT2D eigenvalue weighted by molar-refractivity contribution is 5.93. The van der Waals surface area contributed by atoms with Crippen LogP contribution < -0.4 is 0 Å². The number of carbonyl (C=O) groups excluding carboxylic acids is 1. The highest BCUT2D eigenvalue weighted by atomic mass is 16.5. The highest BCUT2D eigenvalue weighted by Gasteiger charge is 2.20. The molecule has 0 unspecified atom stereocenters. The number of nitrogens with zero attached hydrogens (tertiary/aromatic N) is 4. The summed E-state index contributed by atoms with van der Waals surface area (Å²) in [5.74, 6) is -0.0567. The molecule has 1 aliphatic heterocycles. The molecular weight excluding hydrogens is 220 g/mol. The van der Waals surface area contributed by atoms with Crippen LogP contribution in [-0.4, -0.2) is 51.9 Å². The fraction of sp³-hybridized carbons (Fsp3) is 0.364. The molecule has 1 amide bonds. The van der Waals surface area contributed by atoms with Crippen LogP contribution in [0.1, 0.15) is 10.5 Å². The molecule has 0 atom stereocenters. The van der Waals surface area contributed by atoms with Gasteiger partial charge < -0.3 is 9.64 Å². The van der Waals surface area contributed by atoms with Gasteiger partial charge in [-0.25, -0.2) is 0 Å². The molecule has 2 aromatic heterocycles. The molecule has 17 heavy (non-hydrogen) atoms. The summed E-state index contributed by atoms with van der Waals surface area (Å²) < 4.78 is 6.68. The van der Waals surface area contributed by atoms with Crippen LogP contribution in [0, 0.1) is 0 Å². The number of amides is 1. The predicted molar refractivity (Wildman–Crippen MR) is 59.7 cm³/mol. The Bertz CT molecular complexity index is 512. The fourth-order valence-corrected chi connectivity index (χ4v) is 1.87. The van der Waals surface area contributed by atoms with Crippen molar-refractivity contribution in [1.29, 1.82) is 0 Å². The van der Waals surface area contributed by atoms with Gasteiger partial charge in [-0.3, -0.25) is 4.79 Å². The first-order chi connectivity index (χ1) is 8.34. The first kappa shape index (κ1) is 10.2. The largest absolute Gasteiger partial charge is 0.378 e. The van der Waals surface area contributed by atoms with Crippen molar-refractivity contribution in [3.63, 3.8) is 0 Å². The molecule has 0 spiro atoms. The van der Waals surface area contributed by atoms with Gasteiger partial charge >= 0.3 is 0 Å². The topological polar surface area (TPSA) is 59.7 Å². The monoisotopic (exact) mass is 232 g/mol. The van der Waals surface area contributed by atoms with Gasteiger partial charge in [0.1, 0.15) is 0 Å². The molecule has 0 aliphatic carbocycles. The molecule has 0 aromatic carbocycles. The summed E-state index contributed by atoms with van der Waals surface area (Å²) in [6, 6.07) is 5.45. The summed E-state index contributed by atoms with van der Waals surface area (Å²) in [6.45, 7) is 2.44. The van der Waals surface area contributed by atoms with Gasteiger partial charge in [-0.1, -0.05) is 0 Å². The maximum Gasteiger partial charge on any atom is 0.274 e. The quantitative estimate of drug-likeness (QED) is 0.704. The first-order valence-electron chi connectivity index (χ1n) is 5.53. The average Bonchev–Trinajstić information content (AvgIpc) is 2.82. The number of hydrogen-bond acceptors (Lipinski definition) is 4. The van der Waals surface area contributed by atoms with Gasteiger partial charge in [-0.05, 0) is 18.2 Å². The minimum absolute atomic E-state index is 0.0567. The van der Waals surface area contributed by atoms with Crippen molar-refractivity contribution >= 4 is 11.4 Å². The summed E-state index contributed by atoms with van der Waals surface area (Å²) in [5.41, 5.74) is 1.26. The van der Waals surface area contributed by atoms with Crippen LogP contribution >= 0.6 is 0 Å². The van der Waals surface area contributed by atoms with E-state index in [9.17, 15) is 4.79 Å². The molecule has 6 heteroatoms. The van der Waals surface area contributed by atoms with Crippen molar-refractivity contribution in [1.82, 2.24) is 19.7 Å². The Hall–Kier alpha value is -1.95. The normalized spacial score (nSPS) is 16.4. The Morgan fingerprint density at radius 1 is 1.35 bits per heavy atom. The van der Waals surface area contributed by atoms with Crippen LogP contribution in [0.3, 0.4) is 0 Å². The molecule has 0 bridgehead atoms. The molecule has 0 radical (unpaired) electrons. The minimum Gasteiger partial charge on any atom is -0.378 e. The number of carbonyl (C=O) groups is 1. The molecule has 3 heterocycles. The zero-order valence-electron chi connectivity index (χ0n) is 9.24. The van der Waals surface area contributed by atoms with Gasteiger partial charge in [0.15, 0.2) is 5.69 Å². The third-order valence-corrected chi connectivity index (χ3v) is 2.76. The van der Waals surface area contributed by atoms with Crippen molar-refractivity contribution in [2.75, 3.05) is 26.3 Å². The highest BCUT2D eigenvalue weighted by Crippen LogP contribution is 2.08. The van der Waals surface area contributed by atoms with E-state index in [2.05, 4.69) is 10.2 Å². The van der Waals surface area contributed by atoms with Gasteiger partial charge in [0.25, 0.3) is 5.91 Å². The van der Waals surface area contributed by atoms with E-state index in [4.69, 9.17) is 4.74 Å². The van der Waals surface area contributed by atoms with Crippen LogP contribution in [0.5, 0.6) is 0 Å². The first-order valence-corrected chi connectivity index (χ1v) is 5.53. The second-order valence-electron chi connectivity index (χ2n) is 3.87. The molecule has 1 aliphatic rings. The van der Waals surface area contributed by atoms with Gasteiger partial charge in [0, 0.05) is 19.3 Å². The fourth-order valence-electron chi connectivity index (χ4n) is 1.87. The van der Waals surface area contributed by atoms with Crippen LogP contribution in [0.2, 0.25) is 0 Å². The molecular formula is C11H12N4O2. The predicted octanol–water partition coefficient (Wildman–Crippen LogP) is 0.202. The molecule has 6 nitrogen and oxygen atoms in total. The average molecular weight is 232 g/mol. The summed E-state index contributed by atoms with van der Waals surface area (Å²) in [7, 11) is 0. The van der Waals surface area contributed by atoms with E-state index >= 15 is 0 Å². The minimum atomic E-state index is -0.0567. The summed E-state index contributed by atoms with van der Waals surface area (Å²) >= 11 is 0. The third kappa shape index (κ3) is 1.87. The standard InChI is InChI=1S/C11H12N4O2/c16-11(14-4-6-17-7-5-14)10-8-9-2-1-3-12-15(9)13-10/h1-3,8H,4-7H2. The molecule has 0 saturated carbocycles. The van der Waals surface area contributed by atoms with Crippen molar-refractivity contribution in [2.45, 2.75) is 0 Å². The molecule has 0 N–H and O–H groups in total. The Morgan fingerprint density at radius 2 is 2.18 bits per heavy atom. The maximum atomic E-state index is 12.1. The lowest BCUT2D eigenvalue weighted by molar-refractivity contribution is 0.0298. The van der Waals surface area contributed by atoms with E-state index in [-0.39, 0.29) is 5.91 Å². The van der Waals surface area contributed by atoms with Crippen molar-refractivity contribution < 1.29 is 9.53 Å².